The van der Waals surface area contributed by atoms with Gasteiger partial charge < -0.3 is 5.32 Å². The Kier molecular flexibility index (Phi) is 6.01. The molecule has 0 aliphatic carbocycles. The number of rotatable bonds is 5. The van der Waals surface area contributed by atoms with Crippen molar-refractivity contribution < 1.29 is 4.79 Å². The fraction of sp³-hybridized carbons (Fsp3) is 0.280. The lowest BCUT2D eigenvalue weighted by atomic mass is 10.00. The number of aryl methyl sites for hydroxylation is 1. The van der Waals surface area contributed by atoms with Gasteiger partial charge in [-0.25, -0.2) is 0 Å². The van der Waals surface area contributed by atoms with Gasteiger partial charge in [0.05, 0.1) is 0 Å². The molecule has 2 heterocycles. The number of nitrogens with zero attached hydrogens (tertiary/aromatic N) is 2. The van der Waals surface area contributed by atoms with Gasteiger partial charge in [0, 0.05) is 31.9 Å². The molecule has 1 N–H and O–H groups in total. The Morgan fingerprint density at radius 2 is 1.76 bits per heavy atom. The molecule has 1 saturated heterocycles. The second kappa shape index (κ2) is 9.01. The smallest absolute Gasteiger partial charge is 0.270 e. The van der Waals surface area contributed by atoms with Crippen LogP contribution in [-0.4, -0.2) is 34.9 Å². The molecule has 0 bridgehead atoms. The van der Waals surface area contributed by atoms with Gasteiger partial charge in [-0.1, -0.05) is 54.1 Å². The number of hydrogen-bond donors (Lipinski definition) is 1. The minimum absolute atomic E-state index is 0.0742. The maximum absolute atomic E-state index is 12.3. The van der Waals surface area contributed by atoms with Crippen LogP contribution in [0.3, 0.4) is 0 Å². The zero-order valence-electron chi connectivity index (χ0n) is 16.8. The Morgan fingerprint density at radius 1 is 1.00 bits per heavy atom. The third kappa shape index (κ3) is 5.09. The van der Waals surface area contributed by atoms with E-state index in [1.54, 1.807) is 12.3 Å². The maximum atomic E-state index is 12.3. The molecule has 1 aromatic heterocycles. The number of pyridine rings is 1. The number of benzene rings is 2. The van der Waals surface area contributed by atoms with Crippen molar-refractivity contribution in [3.63, 3.8) is 0 Å². The monoisotopic (exact) mass is 385 g/mol. The van der Waals surface area contributed by atoms with Gasteiger partial charge in [0.1, 0.15) is 5.69 Å². The van der Waals surface area contributed by atoms with E-state index >= 15 is 0 Å². The molecule has 0 unspecified atom stereocenters. The van der Waals surface area contributed by atoms with E-state index in [0.717, 1.165) is 32.5 Å². The Morgan fingerprint density at radius 3 is 2.48 bits per heavy atom. The van der Waals surface area contributed by atoms with Crippen LogP contribution >= 0.6 is 0 Å². The summed E-state index contributed by atoms with van der Waals surface area (Å²) in [7, 11) is 0. The highest BCUT2D eigenvalue weighted by Crippen LogP contribution is 2.23. The Bertz CT molecular complexity index is 963. The van der Waals surface area contributed by atoms with E-state index in [4.69, 9.17) is 0 Å². The fourth-order valence-electron chi connectivity index (χ4n) is 3.92. The standard InChI is InChI=1S/C25H27N3O/c1-19-6-4-8-21(16-19)22-9-5-7-20(17-22)18-28-14-11-23(12-15-28)27-25(29)24-10-2-3-13-26-24/h2-10,13,16-17,23H,11-12,14-15,18H2,1H3,(H,27,29). The van der Waals surface area contributed by atoms with Crippen LogP contribution in [0, 0.1) is 6.92 Å². The van der Waals surface area contributed by atoms with Crippen molar-refractivity contribution in [2.75, 3.05) is 13.1 Å². The maximum Gasteiger partial charge on any atom is 0.270 e. The summed E-state index contributed by atoms with van der Waals surface area (Å²) in [6.07, 6.45) is 3.59. The van der Waals surface area contributed by atoms with Gasteiger partial charge in [0.2, 0.25) is 0 Å². The first-order valence-corrected chi connectivity index (χ1v) is 10.3. The summed E-state index contributed by atoms with van der Waals surface area (Å²) >= 11 is 0. The quantitative estimate of drug-likeness (QED) is 0.706. The highest BCUT2D eigenvalue weighted by molar-refractivity contribution is 5.92. The normalized spacial score (nSPS) is 15.2. The Labute approximate surface area is 172 Å². The van der Waals surface area contributed by atoms with E-state index in [9.17, 15) is 4.79 Å². The summed E-state index contributed by atoms with van der Waals surface area (Å²) in [5.41, 5.74) is 5.64. The van der Waals surface area contributed by atoms with Gasteiger partial charge in [0.25, 0.3) is 5.91 Å². The van der Waals surface area contributed by atoms with Crippen LogP contribution in [0.2, 0.25) is 0 Å². The van der Waals surface area contributed by atoms with E-state index in [0.29, 0.717) is 5.69 Å². The van der Waals surface area contributed by atoms with Crippen LogP contribution < -0.4 is 5.32 Å². The molecule has 2 aromatic carbocycles. The first-order chi connectivity index (χ1) is 14.2. The van der Waals surface area contributed by atoms with Crippen molar-refractivity contribution in [2.45, 2.75) is 32.4 Å². The number of piperidine rings is 1. The number of likely N-dealkylation sites (tertiary alicyclic amines) is 1. The summed E-state index contributed by atoms with van der Waals surface area (Å²) in [6, 6.07) is 23.1. The van der Waals surface area contributed by atoms with E-state index < -0.39 is 0 Å². The van der Waals surface area contributed by atoms with Gasteiger partial charge in [-0.05, 0) is 54.7 Å². The van der Waals surface area contributed by atoms with Gasteiger partial charge in [-0.15, -0.1) is 0 Å². The summed E-state index contributed by atoms with van der Waals surface area (Å²) in [6.45, 7) is 5.05. The lowest BCUT2D eigenvalue weighted by molar-refractivity contribution is 0.0904. The van der Waals surface area contributed by atoms with Gasteiger partial charge in [-0.3, -0.25) is 14.7 Å². The molecule has 0 spiro atoms. The number of carbonyl (C=O) groups excluding carboxylic acids is 1. The van der Waals surface area contributed by atoms with Crippen molar-refractivity contribution in [1.29, 1.82) is 0 Å². The summed E-state index contributed by atoms with van der Waals surface area (Å²) < 4.78 is 0. The van der Waals surface area contributed by atoms with E-state index in [1.807, 2.05) is 12.1 Å². The fourth-order valence-corrected chi connectivity index (χ4v) is 3.92. The van der Waals surface area contributed by atoms with Crippen LogP contribution in [0.5, 0.6) is 0 Å². The molecule has 0 saturated carbocycles. The number of amides is 1. The van der Waals surface area contributed by atoms with Crippen LogP contribution in [0.25, 0.3) is 11.1 Å². The molecule has 1 aliphatic heterocycles. The van der Waals surface area contributed by atoms with Gasteiger partial charge in [0.15, 0.2) is 0 Å². The molecular formula is C25H27N3O. The second-order valence-electron chi connectivity index (χ2n) is 7.81. The van der Waals surface area contributed by atoms with Crippen LogP contribution in [0.4, 0.5) is 0 Å². The van der Waals surface area contributed by atoms with Gasteiger partial charge >= 0.3 is 0 Å². The number of aromatic nitrogens is 1. The molecule has 4 nitrogen and oxygen atoms in total. The van der Waals surface area contributed by atoms with Crippen LogP contribution in [-0.2, 0) is 6.54 Å². The van der Waals surface area contributed by atoms with Crippen LogP contribution in [0.15, 0.2) is 72.9 Å². The molecule has 0 radical (unpaired) electrons. The molecule has 3 aromatic rings. The molecule has 29 heavy (non-hydrogen) atoms. The SMILES string of the molecule is Cc1cccc(-c2cccc(CN3CCC(NC(=O)c4ccccn4)CC3)c2)c1. The first-order valence-electron chi connectivity index (χ1n) is 10.3. The average molecular weight is 386 g/mol. The zero-order valence-corrected chi connectivity index (χ0v) is 16.8. The molecule has 148 valence electrons. The molecule has 1 amide bonds. The minimum Gasteiger partial charge on any atom is -0.348 e. The minimum atomic E-state index is -0.0742. The van der Waals surface area contributed by atoms with Crippen LogP contribution in [0.1, 0.15) is 34.5 Å². The largest absolute Gasteiger partial charge is 0.348 e. The summed E-state index contributed by atoms with van der Waals surface area (Å²) in [5, 5.41) is 3.13. The first kappa shape index (κ1) is 19.3. The van der Waals surface area contributed by atoms with Gasteiger partial charge in [-0.2, -0.15) is 0 Å². The molecular weight excluding hydrogens is 358 g/mol. The molecule has 0 atom stereocenters. The van der Waals surface area contributed by atoms with Crippen molar-refractivity contribution in [1.82, 2.24) is 15.2 Å². The van der Waals surface area contributed by atoms with E-state index in [1.165, 1.54) is 22.3 Å². The highest BCUT2D eigenvalue weighted by atomic mass is 16.1. The predicted molar refractivity (Wildman–Crippen MR) is 117 cm³/mol. The Hall–Kier alpha value is -2.98. The third-order valence-electron chi connectivity index (χ3n) is 5.50. The van der Waals surface area contributed by atoms with Crippen molar-refractivity contribution in [2.24, 2.45) is 0 Å². The third-order valence-corrected chi connectivity index (χ3v) is 5.50. The summed E-state index contributed by atoms with van der Waals surface area (Å²) in [4.78, 5) is 18.9. The lowest BCUT2D eigenvalue weighted by Crippen LogP contribution is -2.44. The average Bonchev–Trinajstić information content (AvgIpc) is 2.76. The molecule has 4 heteroatoms. The predicted octanol–water partition coefficient (Wildman–Crippen LogP) is 4.45. The summed E-state index contributed by atoms with van der Waals surface area (Å²) in [5.74, 6) is -0.0742. The number of hydrogen-bond acceptors (Lipinski definition) is 3. The lowest BCUT2D eigenvalue weighted by Gasteiger charge is -2.32. The number of carbonyl (C=O) groups is 1. The van der Waals surface area contributed by atoms with Crippen molar-refractivity contribution in [3.8, 4) is 11.1 Å². The molecule has 4 rings (SSSR count). The Balaban J connectivity index is 1.32. The second-order valence-corrected chi connectivity index (χ2v) is 7.81. The van der Waals surface area contributed by atoms with Crippen molar-refractivity contribution >= 4 is 5.91 Å². The number of nitrogens with one attached hydrogen (secondary N) is 1. The zero-order chi connectivity index (χ0) is 20.1. The molecule has 1 aliphatic rings. The van der Waals surface area contributed by atoms with E-state index in [2.05, 4.69) is 70.7 Å². The van der Waals surface area contributed by atoms with E-state index in [-0.39, 0.29) is 11.9 Å². The topological polar surface area (TPSA) is 45.2 Å². The highest BCUT2D eigenvalue weighted by Gasteiger charge is 2.21. The van der Waals surface area contributed by atoms with Crippen molar-refractivity contribution in [3.05, 3.63) is 89.7 Å². The molecule has 1 fully saturated rings.